The second-order valence-corrected chi connectivity index (χ2v) is 6.66. The molecular formula is C19H14FNOS2. The van der Waals surface area contributed by atoms with Gasteiger partial charge in [0.2, 0.25) is 0 Å². The van der Waals surface area contributed by atoms with Gasteiger partial charge in [0.25, 0.3) is 5.91 Å². The number of thioether (sulfide) groups is 1. The smallest absolute Gasteiger partial charge is 0.256 e. The number of hydrogen-bond acceptors (Lipinski definition) is 3. The van der Waals surface area contributed by atoms with Gasteiger partial charge in [0.05, 0.1) is 5.57 Å². The van der Waals surface area contributed by atoms with Gasteiger partial charge >= 0.3 is 0 Å². The maximum Gasteiger partial charge on any atom is 0.256 e. The maximum atomic E-state index is 13.0. The Balaban J connectivity index is 1.82. The normalized spacial score (nSPS) is 11.3. The van der Waals surface area contributed by atoms with Crippen molar-refractivity contribution in [3.05, 3.63) is 88.2 Å². The summed E-state index contributed by atoms with van der Waals surface area (Å²) in [5.41, 5.74) is 2.19. The molecule has 1 N–H and O–H groups in total. The zero-order valence-corrected chi connectivity index (χ0v) is 14.2. The van der Waals surface area contributed by atoms with Crippen molar-refractivity contribution in [3.63, 3.8) is 0 Å². The molecule has 2 nitrogen and oxygen atoms in total. The fourth-order valence-corrected chi connectivity index (χ4v) is 3.48. The summed E-state index contributed by atoms with van der Waals surface area (Å²) in [4.78, 5) is 13.5. The summed E-state index contributed by atoms with van der Waals surface area (Å²) in [6.45, 7) is 0. The number of anilines is 1. The molecule has 0 spiro atoms. The minimum absolute atomic E-state index is 0.172. The van der Waals surface area contributed by atoms with Crippen LogP contribution in [0.4, 0.5) is 10.1 Å². The minimum atomic E-state index is -0.275. The van der Waals surface area contributed by atoms with E-state index in [1.54, 1.807) is 17.5 Å². The predicted octanol–water partition coefficient (Wildman–Crippen LogP) is 5.66. The highest BCUT2D eigenvalue weighted by Gasteiger charge is 2.13. The van der Waals surface area contributed by atoms with Gasteiger partial charge in [-0.05, 0) is 64.2 Å². The zero-order chi connectivity index (χ0) is 16.8. The highest BCUT2D eigenvalue weighted by molar-refractivity contribution is 8.02. The van der Waals surface area contributed by atoms with Crippen LogP contribution in [-0.4, -0.2) is 5.91 Å². The number of hydrogen-bond donors (Lipinski definition) is 1. The Morgan fingerprint density at radius 2 is 1.79 bits per heavy atom. The highest BCUT2D eigenvalue weighted by atomic mass is 32.2. The van der Waals surface area contributed by atoms with Crippen LogP contribution in [0.25, 0.3) is 5.57 Å². The van der Waals surface area contributed by atoms with Gasteiger partial charge < -0.3 is 5.32 Å². The summed E-state index contributed by atoms with van der Waals surface area (Å²) in [5.74, 6) is -0.447. The summed E-state index contributed by atoms with van der Waals surface area (Å²) in [7, 11) is 0. The first kappa shape index (κ1) is 16.5. The van der Waals surface area contributed by atoms with Gasteiger partial charge in [-0.2, -0.15) is 11.3 Å². The third-order valence-electron chi connectivity index (χ3n) is 3.23. The number of carbonyl (C=O) groups is 1. The molecule has 0 unspecified atom stereocenters. The first-order chi connectivity index (χ1) is 11.7. The van der Waals surface area contributed by atoms with Crippen LogP contribution < -0.4 is 5.32 Å². The molecule has 0 saturated carbocycles. The Labute approximate surface area is 148 Å². The van der Waals surface area contributed by atoms with Gasteiger partial charge in [-0.3, -0.25) is 4.79 Å². The molecule has 1 heterocycles. The van der Waals surface area contributed by atoms with Crippen LogP contribution in [0.2, 0.25) is 0 Å². The van der Waals surface area contributed by atoms with E-state index in [-0.39, 0.29) is 11.7 Å². The molecule has 2 aromatic carbocycles. The molecule has 3 aromatic rings. The molecule has 0 fully saturated rings. The summed E-state index contributed by atoms with van der Waals surface area (Å²) in [6, 6.07) is 17.4. The molecule has 24 heavy (non-hydrogen) atoms. The Kier molecular flexibility index (Phi) is 5.46. The molecular weight excluding hydrogens is 341 g/mol. The van der Waals surface area contributed by atoms with Crippen molar-refractivity contribution < 1.29 is 9.18 Å². The van der Waals surface area contributed by atoms with Crippen LogP contribution in [0.5, 0.6) is 0 Å². The van der Waals surface area contributed by atoms with Gasteiger partial charge in [-0.25, -0.2) is 4.39 Å². The second-order valence-electron chi connectivity index (χ2n) is 4.94. The summed E-state index contributed by atoms with van der Waals surface area (Å²) < 4.78 is 13.0. The number of nitrogens with one attached hydrogen (secondary N) is 1. The Morgan fingerprint density at radius 1 is 1.04 bits per heavy atom. The van der Waals surface area contributed by atoms with Crippen LogP contribution in [0.15, 0.2) is 81.7 Å². The molecule has 0 saturated heterocycles. The largest absolute Gasteiger partial charge is 0.322 e. The second kappa shape index (κ2) is 7.95. The summed E-state index contributed by atoms with van der Waals surface area (Å²) in [6.07, 6.45) is 0. The molecule has 0 bridgehead atoms. The molecule has 1 amide bonds. The number of carbonyl (C=O) groups excluding carboxylic acids is 1. The average Bonchev–Trinajstić information content (AvgIpc) is 3.12. The van der Waals surface area contributed by atoms with E-state index in [9.17, 15) is 9.18 Å². The van der Waals surface area contributed by atoms with Gasteiger partial charge in [0.15, 0.2) is 0 Å². The lowest BCUT2D eigenvalue weighted by Gasteiger charge is -2.08. The van der Waals surface area contributed by atoms with Crippen LogP contribution in [0.1, 0.15) is 5.56 Å². The molecule has 120 valence electrons. The van der Waals surface area contributed by atoms with Crippen molar-refractivity contribution in [1.29, 1.82) is 0 Å². The molecule has 0 radical (unpaired) electrons. The maximum absolute atomic E-state index is 13.0. The molecule has 0 aliphatic heterocycles. The number of halogens is 1. The number of amides is 1. The van der Waals surface area contributed by atoms with E-state index in [1.165, 1.54) is 35.2 Å². The van der Waals surface area contributed by atoms with E-state index in [1.807, 2.05) is 47.2 Å². The molecule has 0 aliphatic carbocycles. The van der Waals surface area contributed by atoms with Gasteiger partial charge in [-0.15, -0.1) is 0 Å². The van der Waals surface area contributed by atoms with Crippen LogP contribution >= 0.6 is 23.1 Å². The molecule has 5 heteroatoms. The Bertz CT molecular complexity index is 828. The van der Waals surface area contributed by atoms with E-state index >= 15 is 0 Å². The monoisotopic (exact) mass is 355 g/mol. The van der Waals surface area contributed by atoms with E-state index in [2.05, 4.69) is 5.32 Å². The zero-order valence-electron chi connectivity index (χ0n) is 12.6. The summed E-state index contributed by atoms with van der Waals surface area (Å²) in [5, 5.41) is 8.56. The first-order valence-electron chi connectivity index (χ1n) is 7.24. The van der Waals surface area contributed by atoms with E-state index in [0.717, 1.165) is 16.1 Å². The lowest BCUT2D eigenvalue weighted by atomic mass is 10.1. The van der Waals surface area contributed by atoms with Crippen molar-refractivity contribution >= 4 is 40.3 Å². The van der Waals surface area contributed by atoms with Crippen molar-refractivity contribution in [2.24, 2.45) is 0 Å². The molecule has 0 aliphatic rings. The van der Waals surface area contributed by atoms with Crippen LogP contribution in [0.3, 0.4) is 0 Å². The van der Waals surface area contributed by atoms with Crippen molar-refractivity contribution in [3.8, 4) is 0 Å². The van der Waals surface area contributed by atoms with Crippen molar-refractivity contribution in [1.82, 2.24) is 0 Å². The Morgan fingerprint density at radius 3 is 2.46 bits per heavy atom. The Hall–Kier alpha value is -2.37. The highest BCUT2D eigenvalue weighted by Crippen LogP contribution is 2.27. The molecule has 0 atom stereocenters. The molecule has 1 aromatic heterocycles. The number of benzene rings is 2. The summed E-state index contributed by atoms with van der Waals surface area (Å²) >= 11 is 2.93. The number of thiophene rings is 1. The predicted molar refractivity (Wildman–Crippen MR) is 99.6 cm³/mol. The van der Waals surface area contributed by atoms with Gasteiger partial charge in [0, 0.05) is 10.6 Å². The number of rotatable bonds is 5. The third-order valence-corrected chi connectivity index (χ3v) is 4.82. The van der Waals surface area contributed by atoms with Crippen LogP contribution in [0, 0.1) is 5.82 Å². The van der Waals surface area contributed by atoms with E-state index < -0.39 is 0 Å². The average molecular weight is 355 g/mol. The van der Waals surface area contributed by atoms with Crippen molar-refractivity contribution in [2.45, 2.75) is 4.90 Å². The van der Waals surface area contributed by atoms with E-state index in [4.69, 9.17) is 0 Å². The SMILES string of the molecule is O=C(Nc1ccccc1)/C(=C/Sc1ccc(F)cc1)c1ccsc1. The lowest BCUT2D eigenvalue weighted by molar-refractivity contribution is -0.111. The van der Waals surface area contributed by atoms with E-state index in [0.29, 0.717) is 5.57 Å². The minimum Gasteiger partial charge on any atom is -0.322 e. The quantitative estimate of drug-likeness (QED) is 0.473. The fourth-order valence-electron chi connectivity index (χ4n) is 2.03. The van der Waals surface area contributed by atoms with Gasteiger partial charge in [0.1, 0.15) is 5.82 Å². The van der Waals surface area contributed by atoms with Gasteiger partial charge in [-0.1, -0.05) is 30.0 Å². The fraction of sp³-hybridized carbons (Fsp3) is 0. The standard InChI is InChI=1S/C19H14FNOS2/c20-15-6-8-17(9-7-15)24-13-18(14-10-11-23-12-14)19(22)21-16-4-2-1-3-5-16/h1-13H,(H,21,22)/b18-13+. The van der Waals surface area contributed by atoms with Crippen LogP contribution in [-0.2, 0) is 4.79 Å². The first-order valence-corrected chi connectivity index (χ1v) is 9.06. The lowest BCUT2D eigenvalue weighted by Crippen LogP contribution is -2.13. The topological polar surface area (TPSA) is 29.1 Å². The number of para-hydroxylation sites is 1. The molecule has 3 rings (SSSR count). The van der Waals surface area contributed by atoms with Crippen molar-refractivity contribution in [2.75, 3.05) is 5.32 Å². The third kappa shape index (κ3) is 4.34.